The molecule has 4 amide bonds. The summed E-state index contributed by atoms with van der Waals surface area (Å²) < 4.78 is 1.39. The minimum absolute atomic E-state index is 0.0264. The van der Waals surface area contributed by atoms with Crippen LogP contribution in [-0.2, 0) is 14.4 Å². The molecule has 2 fully saturated rings. The van der Waals surface area contributed by atoms with Crippen LogP contribution in [0.15, 0.2) is 57.5 Å². The number of hydrogen-bond acceptors (Lipinski definition) is 4. The lowest BCUT2D eigenvalue weighted by molar-refractivity contribution is -0.151. The van der Waals surface area contributed by atoms with Gasteiger partial charge in [-0.3, -0.25) is 25.0 Å². The van der Waals surface area contributed by atoms with Gasteiger partial charge in [0.1, 0.15) is 11.2 Å². The molecule has 8 heteroatoms. The predicted molar refractivity (Wildman–Crippen MR) is 112 cm³/mol. The van der Waals surface area contributed by atoms with Gasteiger partial charge in [-0.05, 0) is 23.3 Å². The second-order valence-corrected chi connectivity index (χ2v) is 8.91. The van der Waals surface area contributed by atoms with E-state index in [4.69, 9.17) is 0 Å². The highest BCUT2D eigenvalue weighted by Crippen LogP contribution is 2.56. The summed E-state index contributed by atoms with van der Waals surface area (Å²) in [5.41, 5.74) is -0.287. The number of rotatable bonds is 2. The van der Waals surface area contributed by atoms with Crippen LogP contribution in [0.4, 0.5) is 4.79 Å². The molecule has 0 bridgehead atoms. The second-order valence-electron chi connectivity index (χ2n) is 7.20. The summed E-state index contributed by atoms with van der Waals surface area (Å²) in [6.45, 7) is 0. The molecule has 2 aromatic rings. The van der Waals surface area contributed by atoms with Gasteiger partial charge < -0.3 is 0 Å². The first kappa shape index (κ1) is 20.0. The number of nitrogens with one attached hydrogen (secondary N) is 2. The molecular weight excluding hydrogens is 504 g/mol. The van der Waals surface area contributed by atoms with Crippen LogP contribution in [0.3, 0.4) is 0 Å². The molecule has 2 atom stereocenters. The van der Waals surface area contributed by atoms with Gasteiger partial charge in [-0.2, -0.15) is 0 Å². The van der Waals surface area contributed by atoms with Crippen molar-refractivity contribution in [3.8, 4) is 0 Å². The molecule has 0 aromatic heterocycles. The average Bonchev–Trinajstić information content (AvgIpc) is 2.67. The Hall–Kier alpha value is -2.32. The van der Waals surface area contributed by atoms with Crippen LogP contribution in [-0.4, -0.2) is 23.6 Å². The number of amides is 4. The summed E-state index contributed by atoms with van der Waals surface area (Å²) >= 11 is 6.99. The number of imide groups is 2. The molecule has 1 aliphatic heterocycles. The number of benzene rings is 2. The summed E-state index contributed by atoms with van der Waals surface area (Å²) in [6.07, 6.45) is 0.0528. The SMILES string of the molecule is O=C1CC(c2ccccc2Br)C2(C(=O)NC(=O)NC2=O)C(c2ccccc2Br)C1. The predicted octanol–water partition coefficient (Wildman–Crippen LogP) is 3.79. The Morgan fingerprint density at radius 1 is 0.724 bits per heavy atom. The molecule has 1 aliphatic carbocycles. The van der Waals surface area contributed by atoms with Crippen molar-refractivity contribution < 1.29 is 19.2 Å². The van der Waals surface area contributed by atoms with Crippen LogP contribution in [0.1, 0.15) is 35.8 Å². The van der Waals surface area contributed by atoms with Crippen molar-refractivity contribution >= 4 is 55.5 Å². The van der Waals surface area contributed by atoms with E-state index in [1.807, 2.05) is 12.1 Å². The lowest BCUT2D eigenvalue weighted by Crippen LogP contribution is -2.67. The Kier molecular flexibility index (Phi) is 5.16. The number of Topliss-reactive ketones (excluding diaryl/α,β-unsaturated/α-hetero) is 1. The fourth-order valence-electron chi connectivity index (χ4n) is 4.51. The minimum atomic E-state index is -1.64. The lowest BCUT2D eigenvalue weighted by atomic mass is 9.54. The molecule has 1 spiro atoms. The maximum atomic E-state index is 13.4. The molecule has 1 saturated carbocycles. The van der Waals surface area contributed by atoms with Crippen molar-refractivity contribution in [1.82, 2.24) is 10.6 Å². The quantitative estimate of drug-likeness (QED) is 0.590. The lowest BCUT2D eigenvalue weighted by Gasteiger charge is -2.48. The molecule has 0 radical (unpaired) electrons. The zero-order valence-corrected chi connectivity index (χ0v) is 18.2. The molecule has 29 heavy (non-hydrogen) atoms. The molecule has 2 unspecified atom stereocenters. The Morgan fingerprint density at radius 3 is 1.55 bits per heavy atom. The molecule has 4 rings (SSSR count). The zero-order valence-electron chi connectivity index (χ0n) is 15.1. The van der Waals surface area contributed by atoms with Gasteiger partial charge in [-0.1, -0.05) is 68.3 Å². The number of carbonyl (C=O) groups excluding carboxylic acids is 4. The zero-order chi connectivity index (χ0) is 20.8. The molecule has 2 aromatic carbocycles. The fourth-order valence-corrected chi connectivity index (χ4v) is 5.63. The van der Waals surface area contributed by atoms with Crippen molar-refractivity contribution in [2.75, 3.05) is 0 Å². The summed E-state index contributed by atoms with van der Waals surface area (Å²) in [5, 5.41) is 4.54. The van der Waals surface area contributed by atoms with Crippen molar-refractivity contribution in [3.05, 3.63) is 68.6 Å². The van der Waals surface area contributed by atoms with Crippen molar-refractivity contribution in [1.29, 1.82) is 0 Å². The number of halogens is 2. The van der Waals surface area contributed by atoms with Crippen LogP contribution in [0.25, 0.3) is 0 Å². The smallest absolute Gasteiger partial charge is 0.300 e. The van der Waals surface area contributed by atoms with E-state index in [1.165, 1.54) is 0 Å². The molecular formula is C21H16Br2N2O4. The first-order valence-electron chi connectivity index (χ1n) is 9.03. The van der Waals surface area contributed by atoms with E-state index < -0.39 is 35.1 Å². The maximum Gasteiger partial charge on any atom is 0.328 e. The number of ketones is 1. The summed E-state index contributed by atoms with van der Waals surface area (Å²) in [7, 11) is 0. The van der Waals surface area contributed by atoms with Crippen molar-refractivity contribution in [2.24, 2.45) is 5.41 Å². The van der Waals surface area contributed by atoms with Crippen LogP contribution < -0.4 is 10.6 Å². The van der Waals surface area contributed by atoms with E-state index in [-0.39, 0.29) is 18.6 Å². The monoisotopic (exact) mass is 518 g/mol. The van der Waals surface area contributed by atoms with Gasteiger partial charge in [-0.15, -0.1) is 0 Å². The van der Waals surface area contributed by atoms with Gasteiger partial charge in [0.25, 0.3) is 0 Å². The van der Waals surface area contributed by atoms with Gasteiger partial charge in [-0.25, -0.2) is 4.79 Å². The second kappa shape index (κ2) is 7.50. The highest BCUT2D eigenvalue weighted by molar-refractivity contribution is 9.10. The Balaban J connectivity index is 2.00. The number of carbonyl (C=O) groups is 4. The van der Waals surface area contributed by atoms with Gasteiger partial charge in [0.15, 0.2) is 0 Å². The molecule has 148 valence electrons. The van der Waals surface area contributed by atoms with Crippen LogP contribution in [0.5, 0.6) is 0 Å². The largest absolute Gasteiger partial charge is 0.328 e. The van der Waals surface area contributed by atoms with E-state index >= 15 is 0 Å². The molecule has 6 nitrogen and oxygen atoms in total. The first-order valence-corrected chi connectivity index (χ1v) is 10.6. The van der Waals surface area contributed by atoms with Gasteiger partial charge in [0.05, 0.1) is 0 Å². The minimum Gasteiger partial charge on any atom is -0.300 e. The average molecular weight is 520 g/mol. The highest BCUT2D eigenvalue weighted by Gasteiger charge is 2.63. The Labute approximate surface area is 183 Å². The fraction of sp³-hybridized carbons (Fsp3) is 0.238. The Bertz CT molecular complexity index is 973. The molecule has 2 N–H and O–H groups in total. The molecule has 1 saturated heterocycles. The van der Waals surface area contributed by atoms with Crippen LogP contribution in [0.2, 0.25) is 0 Å². The third kappa shape index (κ3) is 3.14. The number of urea groups is 1. The van der Waals surface area contributed by atoms with Crippen LogP contribution in [0, 0.1) is 5.41 Å². The topological polar surface area (TPSA) is 92.3 Å². The Morgan fingerprint density at radius 2 is 1.14 bits per heavy atom. The van der Waals surface area contributed by atoms with Gasteiger partial charge in [0.2, 0.25) is 11.8 Å². The van der Waals surface area contributed by atoms with E-state index in [9.17, 15) is 19.2 Å². The van der Waals surface area contributed by atoms with E-state index in [0.717, 1.165) is 0 Å². The van der Waals surface area contributed by atoms with Gasteiger partial charge in [0, 0.05) is 33.6 Å². The number of barbiturate groups is 1. The molecule has 2 aliphatic rings. The highest BCUT2D eigenvalue weighted by atomic mass is 79.9. The van der Waals surface area contributed by atoms with E-state index in [1.54, 1.807) is 36.4 Å². The van der Waals surface area contributed by atoms with Gasteiger partial charge >= 0.3 is 6.03 Å². The van der Waals surface area contributed by atoms with E-state index in [2.05, 4.69) is 42.5 Å². The third-order valence-electron chi connectivity index (χ3n) is 5.73. The third-order valence-corrected chi connectivity index (χ3v) is 7.17. The normalized spacial score (nSPS) is 23.7. The van der Waals surface area contributed by atoms with E-state index in [0.29, 0.717) is 20.1 Å². The summed E-state index contributed by atoms with van der Waals surface area (Å²) in [5.74, 6) is -2.87. The number of hydrogen-bond donors (Lipinski definition) is 2. The summed E-state index contributed by atoms with van der Waals surface area (Å²) in [4.78, 5) is 51.3. The van der Waals surface area contributed by atoms with Crippen molar-refractivity contribution in [2.45, 2.75) is 24.7 Å². The maximum absolute atomic E-state index is 13.4. The first-order chi connectivity index (χ1) is 13.9. The van der Waals surface area contributed by atoms with Crippen molar-refractivity contribution in [3.63, 3.8) is 0 Å². The molecule has 1 heterocycles. The van der Waals surface area contributed by atoms with Crippen LogP contribution >= 0.6 is 31.9 Å². The summed E-state index contributed by atoms with van der Waals surface area (Å²) in [6, 6.07) is 13.6. The standard InChI is InChI=1S/C21H16Br2N2O4/c22-16-7-3-1-5-12(16)14-9-11(26)10-15(13-6-2-4-8-17(13)23)21(14)18(27)24-20(29)25-19(21)28/h1-8,14-15H,9-10H2,(H2,24,25,27,28,29).